The zero-order valence-electron chi connectivity index (χ0n) is 15.5. The minimum absolute atomic E-state index is 0.568. The monoisotopic (exact) mass is 366 g/mol. The summed E-state index contributed by atoms with van der Waals surface area (Å²) in [6, 6.07) is 8.86. The van der Waals surface area contributed by atoms with Crippen molar-refractivity contribution in [1.82, 2.24) is 0 Å². The minimum Gasteiger partial charge on any atom is -0.143 e. The summed E-state index contributed by atoms with van der Waals surface area (Å²) in [5.74, 6) is 0. The Labute approximate surface area is 153 Å². The molecule has 0 aromatic carbocycles. The lowest BCUT2D eigenvalue weighted by molar-refractivity contribution is 0.581. The number of hydrogen-bond donors (Lipinski definition) is 0. The molecule has 0 nitrogen and oxygen atoms in total. The summed E-state index contributed by atoms with van der Waals surface area (Å²) in [6.07, 6.45) is 11.0. The third-order valence-corrected chi connectivity index (χ3v) is 16.6. The summed E-state index contributed by atoms with van der Waals surface area (Å²) >= 11 is 4.20. The second kappa shape index (κ2) is 8.91. The van der Waals surface area contributed by atoms with E-state index in [-0.39, 0.29) is 0 Å². The molecule has 1 aliphatic rings. The van der Waals surface area contributed by atoms with Crippen LogP contribution in [0.3, 0.4) is 0 Å². The van der Waals surface area contributed by atoms with E-state index in [4.69, 9.17) is 0 Å². The molecule has 0 radical (unpaired) electrons. The van der Waals surface area contributed by atoms with Gasteiger partial charge in [-0.05, 0) is 24.3 Å². The lowest BCUT2D eigenvalue weighted by Crippen LogP contribution is -2.54. The quantitative estimate of drug-likeness (QED) is 0.299. The van der Waals surface area contributed by atoms with E-state index in [1.807, 2.05) is 11.3 Å². The molecule has 1 aliphatic heterocycles. The van der Waals surface area contributed by atoms with Gasteiger partial charge in [0.15, 0.2) is 0 Å². The molecule has 0 aliphatic carbocycles. The zero-order valence-corrected chi connectivity index (χ0v) is 18.1. The third-order valence-electron chi connectivity index (χ3n) is 6.12. The Kier molecular flexibility index (Phi) is 7.49. The summed E-state index contributed by atoms with van der Waals surface area (Å²) in [7, 11) is -1.23. The first-order valence-electron chi connectivity index (χ1n) is 9.60. The molecule has 0 fully saturated rings. The van der Waals surface area contributed by atoms with Crippen LogP contribution in [0, 0.1) is 0 Å². The summed E-state index contributed by atoms with van der Waals surface area (Å²) in [6.45, 7) is 9.77. The van der Waals surface area contributed by atoms with E-state index in [1.165, 1.54) is 61.5 Å². The largest absolute Gasteiger partial charge is 0.143 e. The van der Waals surface area contributed by atoms with Crippen LogP contribution in [0.2, 0.25) is 18.1 Å². The van der Waals surface area contributed by atoms with E-state index in [0.29, 0.717) is 4.37 Å². The van der Waals surface area contributed by atoms with Crippen molar-refractivity contribution in [2.75, 3.05) is 0 Å². The molecular formula is C20H34S2Si. The van der Waals surface area contributed by atoms with Crippen molar-refractivity contribution in [3.63, 3.8) is 0 Å². The lowest BCUT2D eigenvalue weighted by atomic mass is 10.1. The number of hydrogen-bond acceptors (Lipinski definition) is 2. The highest BCUT2D eigenvalue weighted by molar-refractivity contribution is 8.11. The smallest absolute Gasteiger partial charge is 0.0718 e. The molecule has 2 heterocycles. The van der Waals surface area contributed by atoms with Gasteiger partial charge in [0, 0.05) is 14.2 Å². The lowest BCUT2D eigenvalue weighted by Gasteiger charge is -2.46. The van der Waals surface area contributed by atoms with Crippen LogP contribution in [0.1, 0.15) is 71.1 Å². The van der Waals surface area contributed by atoms with Gasteiger partial charge < -0.3 is 0 Å². The van der Waals surface area contributed by atoms with E-state index in [9.17, 15) is 0 Å². The summed E-state index contributed by atoms with van der Waals surface area (Å²) in [5, 5.41) is 2.22. The summed E-state index contributed by atoms with van der Waals surface area (Å²) in [5.41, 5.74) is 0. The molecule has 1 aromatic rings. The average Bonchev–Trinajstić information content (AvgIpc) is 3.24. The Morgan fingerprint density at radius 2 is 1.78 bits per heavy atom. The molecule has 0 N–H and O–H groups in total. The van der Waals surface area contributed by atoms with Crippen molar-refractivity contribution in [2.24, 2.45) is 0 Å². The highest BCUT2D eigenvalue weighted by atomic mass is 32.2. The van der Waals surface area contributed by atoms with Crippen molar-refractivity contribution >= 4 is 36.1 Å². The maximum absolute atomic E-state index is 2.58. The number of thiophene rings is 1. The average molecular weight is 367 g/mol. The Hall–Kier alpha value is 0.00688. The topological polar surface area (TPSA) is 0 Å². The molecule has 1 aromatic heterocycles. The minimum atomic E-state index is -1.23. The number of thioether (sulfide) groups is 1. The van der Waals surface area contributed by atoms with E-state index in [1.54, 1.807) is 4.91 Å². The molecule has 130 valence electrons. The second-order valence-electron chi connectivity index (χ2n) is 7.00. The van der Waals surface area contributed by atoms with Crippen molar-refractivity contribution in [3.8, 4) is 0 Å². The standard InChI is InChI=1S/C20H34S2Si/c1-5-9-10-11-15-20(23(6-2,7-3)8-4)16-14-19(22-20)18-13-12-17-21-18/h12-14,17H,5-11,15-16H2,1-4H3. The van der Waals surface area contributed by atoms with Crippen LogP contribution in [0.5, 0.6) is 0 Å². The van der Waals surface area contributed by atoms with Gasteiger partial charge >= 0.3 is 0 Å². The first-order chi connectivity index (χ1) is 11.2. The normalized spacial score (nSPS) is 21.7. The van der Waals surface area contributed by atoms with Gasteiger partial charge in [-0.25, -0.2) is 0 Å². The summed E-state index contributed by atoms with van der Waals surface area (Å²) < 4.78 is 0.568. The fraction of sp³-hybridized carbons (Fsp3) is 0.700. The Morgan fingerprint density at radius 3 is 2.35 bits per heavy atom. The number of rotatable bonds is 10. The highest BCUT2D eigenvalue weighted by Gasteiger charge is 2.51. The van der Waals surface area contributed by atoms with Crippen LogP contribution < -0.4 is 0 Å². The molecule has 1 atom stereocenters. The second-order valence-corrected chi connectivity index (χ2v) is 15.4. The van der Waals surface area contributed by atoms with Crippen LogP contribution in [-0.4, -0.2) is 12.4 Å². The van der Waals surface area contributed by atoms with Crippen molar-refractivity contribution < 1.29 is 0 Å². The van der Waals surface area contributed by atoms with E-state index < -0.39 is 8.07 Å². The summed E-state index contributed by atoms with van der Waals surface area (Å²) in [4.78, 5) is 3.08. The predicted molar refractivity (Wildman–Crippen MR) is 113 cm³/mol. The van der Waals surface area contributed by atoms with Crippen LogP contribution in [0.15, 0.2) is 23.6 Å². The molecule has 1 unspecified atom stereocenters. The van der Waals surface area contributed by atoms with E-state index in [0.717, 1.165) is 0 Å². The predicted octanol–water partition coefficient (Wildman–Crippen LogP) is 7.98. The first kappa shape index (κ1) is 19.3. The molecule has 2 rings (SSSR count). The first-order valence-corrected chi connectivity index (χ1v) is 13.9. The SMILES string of the molecule is CCCCCCC1([Si](CC)(CC)CC)CC=C(c2cccs2)S1. The van der Waals surface area contributed by atoms with Gasteiger partial charge in [0.05, 0.1) is 8.07 Å². The van der Waals surface area contributed by atoms with Crippen LogP contribution in [0.4, 0.5) is 0 Å². The molecule has 23 heavy (non-hydrogen) atoms. The number of allylic oxidation sites excluding steroid dienone is 1. The Balaban J connectivity index is 2.20. The Morgan fingerprint density at radius 1 is 1.04 bits per heavy atom. The van der Waals surface area contributed by atoms with Crippen molar-refractivity contribution in [1.29, 1.82) is 0 Å². The van der Waals surface area contributed by atoms with Gasteiger partial charge in [0.1, 0.15) is 0 Å². The van der Waals surface area contributed by atoms with E-state index >= 15 is 0 Å². The Bertz CT molecular complexity index is 479. The van der Waals surface area contributed by atoms with Gasteiger partial charge in [-0.3, -0.25) is 0 Å². The molecule has 0 saturated carbocycles. The maximum Gasteiger partial charge on any atom is 0.0718 e. The fourth-order valence-electron chi connectivity index (χ4n) is 4.42. The van der Waals surface area contributed by atoms with Crippen molar-refractivity contribution in [2.45, 2.75) is 88.7 Å². The zero-order chi connectivity index (χ0) is 16.8. The highest BCUT2D eigenvalue weighted by Crippen LogP contribution is 2.57. The molecule has 3 heteroatoms. The van der Waals surface area contributed by atoms with Gasteiger partial charge in [-0.1, -0.05) is 83.7 Å². The van der Waals surface area contributed by atoms with Gasteiger partial charge in [0.2, 0.25) is 0 Å². The molecule has 0 saturated heterocycles. The van der Waals surface area contributed by atoms with Gasteiger partial charge in [0.25, 0.3) is 0 Å². The number of unbranched alkanes of at least 4 members (excludes halogenated alkanes) is 3. The van der Waals surface area contributed by atoms with E-state index in [2.05, 4.69) is 63.0 Å². The third kappa shape index (κ3) is 3.99. The van der Waals surface area contributed by atoms with Crippen LogP contribution in [0.25, 0.3) is 4.91 Å². The molecule has 0 bridgehead atoms. The maximum atomic E-state index is 2.58. The van der Waals surface area contributed by atoms with Crippen LogP contribution in [-0.2, 0) is 0 Å². The molecule has 0 amide bonds. The fourth-order valence-corrected chi connectivity index (χ4v) is 13.7. The van der Waals surface area contributed by atoms with Crippen molar-refractivity contribution in [3.05, 3.63) is 28.5 Å². The molecule has 0 spiro atoms. The van der Waals surface area contributed by atoms with Gasteiger partial charge in [-0.2, -0.15) is 0 Å². The molecular weight excluding hydrogens is 332 g/mol. The van der Waals surface area contributed by atoms with Gasteiger partial charge in [-0.15, -0.1) is 23.1 Å². The van der Waals surface area contributed by atoms with Crippen LogP contribution >= 0.6 is 23.1 Å².